The largest absolute Gasteiger partial charge is 0.481 e. The lowest BCUT2D eigenvalue weighted by Crippen LogP contribution is -2.68. The van der Waals surface area contributed by atoms with E-state index in [2.05, 4.69) is 44.8 Å². The van der Waals surface area contributed by atoms with E-state index in [1.54, 1.807) is 13.8 Å². The van der Waals surface area contributed by atoms with Crippen molar-refractivity contribution >= 4 is 21.8 Å². The van der Waals surface area contributed by atoms with Crippen LogP contribution in [0.3, 0.4) is 0 Å². The summed E-state index contributed by atoms with van der Waals surface area (Å²) in [6.07, 6.45) is 13.1. The number of nitrogens with zero attached hydrogens (tertiary/aromatic N) is 1. The van der Waals surface area contributed by atoms with Gasteiger partial charge in [-0.15, -0.1) is 0 Å². The smallest absolute Gasteiger partial charge is 0.309 e. The van der Waals surface area contributed by atoms with Crippen LogP contribution in [0.25, 0.3) is 0 Å². The maximum atomic E-state index is 13.0. The van der Waals surface area contributed by atoms with Crippen LogP contribution in [-0.2, 0) is 24.2 Å². The SMILES string of the molecule is CC(C)(CC(=O)OC1CCC2(C)C(CCC3(C)C2CCC2C4CCCC4(NCCN4CCS(=O)(=O)CC4)CC[C@]23C)C1(C)C)C(=O)O. The van der Waals surface area contributed by atoms with Gasteiger partial charge in [0.1, 0.15) is 6.10 Å². The summed E-state index contributed by atoms with van der Waals surface area (Å²) >= 11 is 0. The highest BCUT2D eigenvalue weighted by atomic mass is 32.2. The minimum atomic E-state index is -2.85. The normalized spacial score (nSPS) is 44.4. The van der Waals surface area contributed by atoms with Gasteiger partial charge in [-0.25, -0.2) is 8.42 Å². The summed E-state index contributed by atoms with van der Waals surface area (Å²) in [5.74, 6) is 1.81. The predicted molar refractivity (Wildman–Crippen MR) is 185 cm³/mol. The number of fused-ring (bicyclic) bond motifs is 7. The van der Waals surface area contributed by atoms with Crippen molar-refractivity contribution in [1.29, 1.82) is 0 Å². The number of carboxylic acid groups (broad SMARTS) is 1. The maximum Gasteiger partial charge on any atom is 0.309 e. The summed E-state index contributed by atoms with van der Waals surface area (Å²) in [6, 6.07) is 0. The van der Waals surface area contributed by atoms with Gasteiger partial charge in [0.15, 0.2) is 9.84 Å². The predicted octanol–water partition coefficient (Wildman–Crippen LogP) is 6.33. The van der Waals surface area contributed by atoms with Gasteiger partial charge in [-0.1, -0.05) is 41.0 Å². The van der Waals surface area contributed by atoms with Gasteiger partial charge in [0.05, 0.1) is 23.3 Å². The average molecular weight is 677 g/mol. The van der Waals surface area contributed by atoms with Crippen LogP contribution in [0.1, 0.15) is 126 Å². The van der Waals surface area contributed by atoms with Crippen molar-refractivity contribution in [2.45, 2.75) is 137 Å². The van der Waals surface area contributed by atoms with Gasteiger partial charge >= 0.3 is 11.9 Å². The number of carbonyl (C=O) groups excluding carboxylic acids is 1. The van der Waals surface area contributed by atoms with Crippen molar-refractivity contribution in [2.75, 3.05) is 37.7 Å². The van der Waals surface area contributed by atoms with E-state index in [1.165, 1.54) is 51.4 Å². The summed E-state index contributed by atoms with van der Waals surface area (Å²) in [4.78, 5) is 27.0. The second-order valence-electron chi connectivity index (χ2n) is 18.9. The molecular formula is C38H64N2O6S. The Morgan fingerprint density at radius 3 is 2.23 bits per heavy atom. The first-order chi connectivity index (χ1) is 21.8. The van der Waals surface area contributed by atoms with Crippen molar-refractivity contribution in [1.82, 2.24) is 10.2 Å². The zero-order valence-electron chi connectivity index (χ0n) is 30.5. The number of sulfone groups is 1. The first-order valence-corrected chi connectivity index (χ1v) is 20.7. The van der Waals surface area contributed by atoms with Crippen LogP contribution in [0.15, 0.2) is 0 Å². The summed E-state index contributed by atoms with van der Waals surface area (Å²) in [6.45, 7) is 19.0. The highest BCUT2D eigenvalue weighted by molar-refractivity contribution is 7.91. The van der Waals surface area contributed by atoms with Crippen LogP contribution >= 0.6 is 0 Å². The van der Waals surface area contributed by atoms with E-state index in [0.717, 1.165) is 38.3 Å². The van der Waals surface area contributed by atoms with Crippen molar-refractivity contribution in [3.05, 3.63) is 0 Å². The molecule has 9 heteroatoms. The van der Waals surface area contributed by atoms with Gasteiger partial charge < -0.3 is 20.1 Å². The fraction of sp³-hybridized carbons (Fsp3) is 0.947. The average Bonchev–Trinajstić information content (AvgIpc) is 3.40. The van der Waals surface area contributed by atoms with E-state index in [4.69, 9.17) is 4.74 Å². The molecule has 6 aliphatic rings. The monoisotopic (exact) mass is 676 g/mol. The highest BCUT2D eigenvalue weighted by Crippen LogP contribution is 2.76. The number of hydrogen-bond donors (Lipinski definition) is 2. The van der Waals surface area contributed by atoms with Gasteiger partial charge in [-0.2, -0.15) is 0 Å². The number of esters is 1. The Labute approximate surface area is 284 Å². The third kappa shape index (κ3) is 5.82. The lowest BCUT2D eigenvalue weighted by atomic mass is 9.33. The number of rotatable bonds is 8. The summed E-state index contributed by atoms with van der Waals surface area (Å²) in [7, 11) is -2.85. The van der Waals surface area contributed by atoms with Gasteiger partial charge in [-0.05, 0) is 118 Å². The molecule has 8 nitrogen and oxygen atoms in total. The van der Waals surface area contributed by atoms with E-state index in [9.17, 15) is 23.1 Å². The van der Waals surface area contributed by atoms with Crippen LogP contribution in [0.2, 0.25) is 0 Å². The maximum absolute atomic E-state index is 13.0. The van der Waals surface area contributed by atoms with Gasteiger partial charge in [0, 0.05) is 37.1 Å². The van der Waals surface area contributed by atoms with E-state index in [0.29, 0.717) is 47.8 Å². The molecular weight excluding hydrogens is 612 g/mol. The summed E-state index contributed by atoms with van der Waals surface area (Å²) in [5, 5.41) is 13.7. The fourth-order valence-electron chi connectivity index (χ4n) is 13.1. The van der Waals surface area contributed by atoms with Crippen molar-refractivity contribution in [2.24, 2.45) is 50.7 Å². The van der Waals surface area contributed by atoms with Crippen LogP contribution in [0.4, 0.5) is 0 Å². The molecule has 0 aromatic rings. The Bertz CT molecular complexity index is 1330. The highest BCUT2D eigenvalue weighted by Gasteiger charge is 2.70. The van der Waals surface area contributed by atoms with Crippen LogP contribution < -0.4 is 5.32 Å². The van der Waals surface area contributed by atoms with Crippen LogP contribution in [0.5, 0.6) is 0 Å². The lowest BCUT2D eigenvalue weighted by Gasteiger charge is -2.72. The minimum absolute atomic E-state index is 0.0998. The molecule has 5 saturated carbocycles. The zero-order chi connectivity index (χ0) is 34.3. The molecule has 6 fully saturated rings. The fourth-order valence-corrected chi connectivity index (χ4v) is 14.4. The number of carbonyl (C=O) groups is 2. The molecule has 1 aliphatic heterocycles. The van der Waals surface area contributed by atoms with Crippen LogP contribution in [0, 0.1) is 50.7 Å². The van der Waals surface area contributed by atoms with E-state index in [1.807, 2.05) is 0 Å². The minimum Gasteiger partial charge on any atom is -0.481 e. The number of hydrogen-bond acceptors (Lipinski definition) is 7. The van der Waals surface area contributed by atoms with Crippen molar-refractivity contribution < 1.29 is 27.9 Å². The van der Waals surface area contributed by atoms with Gasteiger partial charge in [0.2, 0.25) is 0 Å². The Balaban J connectivity index is 1.15. The molecule has 0 radical (unpaired) electrons. The molecule has 5 aliphatic carbocycles. The van der Waals surface area contributed by atoms with Gasteiger partial charge in [-0.3, -0.25) is 9.59 Å². The molecule has 0 bridgehead atoms. The summed E-state index contributed by atoms with van der Waals surface area (Å²) in [5.41, 5.74) is -0.282. The molecule has 0 spiro atoms. The third-order valence-electron chi connectivity index (χ3n) is 16.1. The van der Waals surface area contributed by atoms with Crippen LogP contribution in [-0.4, -0.2) is 79.7 Å². The number of ether oxygens (including phenoxy) is 1. The topological polar surface area (TPSA) is 113 Å². The Kier molecular flexibility index (Phi) is 9.06. The third-order valence-corrected chi connectivity index (χ3v) is 17.7. The molecule has 0 aromatic heterocycles. The number of aliphatic carboxylic acids is 1. The van der Waals surface area contributed by atoms with Gasteiger partial charge in [0.25, 0.3) is 0 Å². The molecule has 47 heavy (non-hydrogen) atoms. The molecule has 2 N–H and O–H groups in total. The van der Waals surface area contributed by atoms with Crippen molar-refractivity contribution in [3.8, 4) is 0 Å². The lowest BCUT2D eigenvalue weighted by molar-refractivity contribution is -0.245. The Morgan fingerprint density at radius 2 is 1.55 bits per heavy atom. The molecule has 0 aromatic carbocycles. The van der Waals surface area contributed by atoms with E-state index < -0.39 is 21.2 Å². The second-order valence-corrected chi connectivity index (χ2v) is 21.3. The zero-order valence-corrected chi connectivity index (χ0v) is 31.3. The van der Waals surface area contributed by atoms with E-state index >= 15 is 0 Å². The van der Waals surface area contributed by atoms with E-state index in [-0.39, 0.29) is 40.3 Å². The first-order valence-electron chi connectivity index (χ1n) is 18.9. The Hall–Kier alpha value is -1.19. The molecule has 268 valence electrons. The molecule has 6 rings (SSSR count). The number of carboxylic acids is 1. The molecule has 8 unspecified atom stereocenters. The quantitative estimate of drug-likeness (QED) is 0.287. The second kappa shape index (κ2) is 12.0. The first kappa shape index (κ1) is 35.6. The standard InChI is InChI=1S/C38H64N2O6S/c1-33(2,32(42)43)25-31(41)46-30-13-15-35(5)28(34(30,3)4)12-16-37(7)29(35)11-10-26-27-9-8-14-38(27,18-17-36(26,37)6)39-19-20-40-21-23-47(44,45)24-22-40/h26-30,39H,8-25H2,1-7H3,(H,42,43)/t26?,27?,28?,29?,30?,35?,36-,37?,38?/m1/s1. The molecule has 1 saturated heterocycles. The Morgan fingerprint density at radius 1 is 0.851 bits per heavy atom. The molecule has 1 heterocycles. The molecule has 9 atom stereocenters. The summed E-state index contributed by atoms with van der Waals surface area (Å²) < 4.78 is 30.0. The number of nitrogens with one attached hydrogen (secondary N) is 1. The van der Waals surface area contributed by atoms with Crippen molar-refractivity contribution in [3.63, 3.8) is 0 Å². The molecule has 0 amide bonds.